The summed E-state index contributed by atoms with van der Waals surface area (Å²) in [6, 6.07) is 16.4. The fourth-order valence-electron chi connectivity index (χ4n) is 2.84. The zero-order valence-electron chi connectivity index (χ0n) is 14.6. The lowest BCUT2D eigenvalue weighted by atomic mass is 10.0. The number of benzene rings is 2. The largest absolute Gasteiger partial charge is 0.457 e. The van der Waals surface area contributed by atoms with Crippen LogP contribution in [0, 0.1) is 0 Å². The molecule has 0 saturated carbocycles. The van der Waals surface area contributed by atoms with Crippen molar-refractivity contribution in [1.82, 2.24) is 0 Å². The summed E-state index contributed by atoms with van der Waals surface area (Å²) in [6.07, 6.45) is 1.64. The maximum absolute atomic E-state index is 11.5. The van der Waals surface area contributed by atoms with E-state index in [1.165, 1.54) is 6.92 Å². The molecule has 4 rings (SSSR count). The molecule has 2 aromatic carbocycles. The normalized spacial score (nSPS) is 12.9. The molecule has 1 aliphatic heterocycles. The number of hydrogen-bond donors (Lipinski definition) is 1. The summed E-state index contributed by atoms with van der Waals surface area (Å²) in [6.45, 7) is 1.76. The van der Waals surface area contributed by atoms with Gasteiger partial charge in [-0.1, -0.05) is 6.07 Å². The van der Waals surface area contributed by atoms with Crippen LogP contribution in [0.1, 0.15) is 28.6 Å². The number of carbonyl (C=O) groups excluding carboxylic acids is 2. The van der Waals surface area contributed by atoms with Gasteiger partial charge in [-0.2, -0.15) is 0 Å². The Kier molecular flexibility index (Phi) is 4.30. The number of amides is 1. The summed E-state index contributed by atoms with van der Waals surface area (Å²) in [5, 5.41) is 2.71. The number of nitrogens with zero attached hydrogens (tertiary/aromatic N) is 1. The summed E-state index contributed by atoms with van der Waals surface area (Å²) in [5.74, 6) is 0.911. The highest BCUT2D eigenvalue weighted by Crippen LogP contribution is 2.28. The number of furan rings is 1. The van der Waals surface area contributed by atoms with Crippen LogP contribution >= 0.6 is 0 Å². The molecule has 134 valence electrons. The van der Waals surface area contributed by atoms with E-state index in [2.05, 4.69) is 10.3 Å². The van der Waals surface area contributed by atoms with Gasteiger partial charge < -0.3 is 14.5 Å². The van der Waals surface area contributed by atoms with Gasteiger partial charge in [0.05, 0.1) is 17.5 Å². The second kappa shape index (κ2) is 6.92. The monoisotopic (exact) mass is 360 g/mol. The second-order valence-electron chi connectivity index (χ2n) is 6.14. The fourth-order valence-corrected chi connectivity index (χ4v) is 2.84. The van der Waals surface area contributed by atoms with Crippen molar-refractivity contribution in [2.75, 3.05) is 5.32 Å². The van der Waals surface area contributed by atoms with Gasteiger partial charge in [-0.25, -0.2) is 4.79 Å². The van der Waals surface area contributed by atoms with E-state index < -0.39 is 0 Å². The van der Waals surface area contributed by atoms with E-state index in [1.807, 2.05) is 36.4 Å². The molecule has 27 heavy (non-hydrogen) atoms. The van der Waals surface area contributed by atoms with Crippen molar-refractivity contribution in [2.45, 2.75) is 13.5 Å². The molecule has 1 N–H and O–H groups in total. The lowest BCUT2D eigenvalue weighted by Crippen LogP contribution is -2.04. The molecule has 0 radical (unpaired) electrons. The van der Waals surface area contributed by atoms with Crippen LogP contribution in [0.15, 0.2) is 64.0 Å². The number of ether oxygens (including phenoxy) is 1. The summed E-state index contributed by atoms with van der Waals surface area (Å²) in [7, 11) is 0. The van der Waals surface area contributed by atoms with Crippen molar-refractivity contribution in [3.05, 3.63) is 71.5 Å². The Balaban J connectivity index is 1.49. The number of cyclic esters (lactones) is 1. The third-order valence-corrected chi connectivity index (χ3v) is 4.12. The molecule has 0 bridgehead atoms. The minimum Gasteiger partial charge on any atom is -0.457 e. The molecule has 0 saturated heterocycles. The van der Waals surface area contributed by atoms with Crippen LogP contribution in [0.4, 0.5) is 11.4 Å². The molecule has 1 amide bonds. The maximum Gasteiger partial charge on any atom is 0.338 e. The molecule has 6 heteroatoms. The van der Waals surface area contributed by atoms with Gasteiger partial charge >= 0.3 is 5.97 Å². The molecule has 6 nitrogen and oxygen atoms in total. The van der Waals surface area contributed by atoms with Crippen molar-refractivity contribution in [1.29, 1.82) is 0 Å². The molecule has 0 unspecified atom stereocenters. The number of fused-ring (bicyclic) bond motifs is 1. The molecule has 3 aromatic rings. The van der Waals surface area contributed by atoms with Crippen molar-refractivity contribution < 1.29 is 18.7 Å². The minimum absolute atomic E-state index is 0.114. The molecular formula is C21H16N2O4. The van der Waals surface area contributed by atoms with Crippen LogP contribution in [0.2, 0.25) is 0 Å². The zero-order valence-corrected chi connectivity index (χ0v) is 14.6. The third-order valence-electron chi connectivity index (χ3n) is 4.12. The quantitative estimate of drug-likeness (QED) is 0.555. The first-order valence-electron chi connectivity index (χ1n) is 8.40. The lowest BCUT2D eigenvalue weighted by Gasteiger charge is -2.01. The van der Waals surface area contributed by atoms with Crippen LogP contribution in [-0.2, 0) is 16.1 Å². The molecule has 1 aliphatic rings. The Morgan fingerprint density at radius 3 is 2.70 bits per heavy atom. The predicted octanol–water partition coefficient (Wildman–Crippen LogP) is 4.33. The van der Waals surface area contributed by atoms with Crippen molar-refractivity contribution in [3.8, 4) is 11.3 Å². The van der Waals surface area contributed by atoms with Gasteiger partial charge in [0.1, 0.15) is 18.1 Å². The number of anilines is 1. The van der Waals surface area contributed by atoms with Gasteiger partial charge in [0, 0.05) is 23.7 Å². The molecule has 2 heterocycles. The smallest absolute Gasteiger partial charge is 0.338 e. The van der Waals surface area contributed by atoms with Crippen molar-refractivity contribution >= 4 is 29.5 Å². The number of carbonyl (C=O) groups is 2. The minimum atomic E-state index is -0.284. The number of esters is 1. The molecule has 0 spiro atoms. The SMILES string of the molecule is CC(=O)Nc1ccc(N=Cc2ccc(-c3ccc4c(c3)COC4=O)o2)cc1. The summed E-state index contributed by atoms with van der Waals surface area (Å²) < 4.78 is 10.8. The molecule has 0 atom stereocenters. The Hall–Kier alpha value is -3.67. The van der Waals surface area contributed by atoms with Crippen LogP contribution in [0.3, 0.4) is 0 Å². The van der Waals surface area contributed by atoms with Gasteiger partial charge in [-0.3, -0.25) is 9.79 Å². The van der Waals surface area contributed by atoms with Crippen LogP contribution in [-0.4, -0.2) is 18.1 Å². The van der Waals surface area contributed by atoms with Gasteiger partial charge in [0.15, 0.2) is 0 Å². The van der Waals surface area contributed by atoms with E-state index in [0.717, 1.165) is 22.5 Å². The molecule has 1 aromatic heterocycles. The van der Waals surface area contributed by atoms with Crippen LogP contribution in [0.25, 0.3) is 11.3 Å². The van der Waals surface area contributed by atoms with E-state index >= 15 is 0 Å². The zero-order chi connectivity index (χ0) is 18.8. The predicted molar refractivity (Wildman–Crippen MR) is 101 cm³/mol. The standard InChI is InChI=1S/C21H16N2O4/c1-13(24)23-17-5-3-16(4-6-17)22-11-18-7-9-20(27-18)14-2-8-19-15(10-14)12-26-21(19)25/h2-11H,12H2,1H3,(H,23,24). The number of rotatable bonds is 4. The van der Waals surface area contributed by atoms with Crippen LogP contribution < -0.4 is 5.32 Å². The van der Waals surface area contributed by atoms with E-state index in [4.69, 9.17) is 9.15 Å². The molecule has 0 aliphatic carbocycles. The van der Waals surface area contributed by atoms with Gasteiger partial charge in [0.2, 0.25) is 5.91 Å². The summed E-state index contributed by atoms with van der Waals surface area (Å²) >= 11 is 0. The Morgan fingerprint density at radius 1 is 1.11 bits per heavy atom. The number of hydrogen-bond acceptors (Lipinski definition) is 5. The van der Waals surface area contributed by atoms with E-state index in [9.17, 15) is 9.59 Å². The van der Waals surface area contributed by atoms with Crippen LogP contribution in [0.5, 0.6) is 0 Å². The second-order valence-corrected chi connectivity index (χ2v) is 6.14. The summed E-state index contributed by atoms with van der Waals surface area (Å²) in [5.41, 5.74) is 3.82. The van der Waals surface area contributed by atoms with Gasteiger partial charge in [-0.15, -0.1) is 0 Å². The highest BCUT2D eigenvalue weighted by atomic mass is 16.5. The van der Waals surface area contributed by atoms with Gasteiger partial charge in [0.25, 0.3) is 0 Å². The number of nitrogens with one attached hydrogen (secondary N) is 1. The van der Waals surface area contributed by atoms with E-state index in [0.29, 0.717) is 23.7 Å². The average Bonchev–Trinajstić information content (AvgIpc) is 3.28. The maximum atomic E-state index is 11.5. The van der Waals surface area contributed by atoms with E-state index in [-0.39, 0.29) is 11.9 Å². The third kappa shape index (κ3) is 3.64. The van der Waals surface area contributed by atoms with Crippen molar-refractivity contribution in [3.63, 3.8) is 0 Å². The topological polar surface area (TPSA) is 80.9 Å². The highest BCUT2D eigenvalue weighted by molar-refractivity contribution is 5.94. The Bertz CT molecular complexity index is 1050. The highest BCUT2D eigenvalue weighted by Gasteiger charge is 2.21. The van der Waals surface area contributed by atoms with Gasteiger partial charge in [-0.05, 0) is 48.5 Å². The first kappa shape index (κ1) is 16.8. The lowest BCUT2D eigenvalue weighted by molar-refractivity contribution is -0.114. The number of aliphatic imine (C=N–C) groups is 1. The Labute approximate surface area is 155 Å². The first-order chi connectivity index (χ1) is 13.1. The fraction of sp³-hybridized carbons (Fsp3) is 0.0952. The Morgan fingerprint density at radius 2 is 1.93 bits per heavy atom. The van der Waals surface area contributed by atoms with Crippen molar-refractivity contribution in [2.24, 2.45) is 4.99 Å². The first-order valence-corrected chi connectivity index (χ1v) is 8.40. The summed E-state index contributed by atoms with van der Waals surface area (Å²) in [4.78, 5) is 26.9. The average molecular weight is 360 g/mol. The molecular weight excluding hydrogens is 344 g/mol. The molecule has 0 fully saturated rings. The van der Waals surface area contributed by atoms with E-state index in [1.54, 1.807) is 24.4 Å².